The van der Waals surface area contributed by atoms with Crippen LogP contribution < -0.4 is 10.9 Å². The first-order valence-electron chi connectivity index (χ1n) is 3.27. The molecule has 0 heterocycles. The van der Waals surface area contributed by atoms with Gasteiger partial charge in [-0.2, -0.15) is 0 Å². The molecule has 1 aromatic carbocycles. The Morgan fingerprint density at radius 3 is 2.67 bits per heavy atom. The highest BCUT2D eigenvalue weighted by Crippen LogP contribution is 2.07. The Kier molecular flexibility index (Phi) is 2.46. The molecule has 5 heteroatoms. The lowest BCUT2D eigenvalue weighted by Gasteiger charge is -1.99. The summed E-state index contributed by atoms with van der Waals surface area (Å²) in [4.78, 5) is 0.0710. The lowest BCUT2D eigenvalue weighted by molar-refractivity contribution is 0.597. The van der Waals surface area contributed by atoms with Gasteiger partial charge >= 0.3 is 0 Å². The maximum atomic E-state index is 10.8. The number of sulfonamides is 1. The summed E-state index contributed by atoms with van der Waals surface area (Å²) in [6.45, 7) is 0.253. The highest BCUT2D eigenvalue weighted by molar-refractivity contribution is 7.89. The van der Waals surface area contributed by atoms with Gasteiger partial charge in [-0.1, -0.05) is 6.07 Å². The number of rotatable bonds is 2. The first-order valence-corrected chi connectivity index (χ1v) is 4.82. The highest BCUT2D eigenvalue weighted by Gasteiger charge is 2.06. The van der Waals surface area contributed by atoms with E-state index in [-0.39, 0.29) is 11.4 Å². The first-order chi connectivity index (χ1) is 5.54. The molecule has 0 saturated heterocycles. The fourth-order valence-electron chi connectivity index (χ4n) is 0.787. The molecule has 0 amide bonds. The van der Waals surface area contributed by atoms with Gasteiger partial charge in [0.2, 0.25) is 10.0 Å². The van der Waals surface area contributed by atoms with Crippen LogP contribution in [0, 0.1) is 6.07 Å². The molecule has 0 spiro atoms. The van der Waals surface area contributed by atoms with Crippen LogP contribution >= 0.6 is 0 Å². The van der Waals surface area contributed by atoms with Crippen LogP contribution in [0.4, 0.5) is 0 Å². The van der Waals surface area contributed by atoms with Crippen molar-refractivity contribution in [2.75, 3.05) is 0 Å². The Labute approximate surface area is 71.2 Å². The van der Waals surface area contributed by atoms with Gasteiger partial charge in [0.05, 0.1) is 4.90 Å². The highest BCUT2D eigenvalue weighted by atomic mass is 32.2. The molecule has 0 aliphatic carbocycles. The van der Waals surface area contributed by atoms with Crippen molar-refractivity contribution in [2.45, 2.75) is 11.4 Å². The van der Waals surface area contributed by atoms with Crippen LogP contribution in [0.25, 0.3) is 0 Å². The number of hydrogen-bond donors (Lipinski definition) is 2. The van der Waals surface area contributed by atoms with Gasteiger partial charge in [0.15, 0.2) is 0 Å². The van der Waals surface area contributed by atoms with E-state index in [0.717, 1.165) is 0 Å². The van der Waals surface area contributed by atoms with Gasteiger partial charge in [-0.3, -0.25) is 0 Å². The Morgan fingerprint density at radius 2 is 2.17 bits per heavy atom. The van der Waals surface area contributed by atoms with Crippen LogP contribution in [0.2, 0.25) is 0 Å². The molecular formula is C7H9N2O2S. The third-order valence-electron chi connectivity index (χ3n) is 1.38. The van der Waals surface area contributed by atoms with Crippen molar-refractivity contribution in [1.82, 2.24) is 0 Å². The average molecular weight is 185 g/mol. The van der Waals surface area contributed by atoms with Gasteiger partial charge in [-0.25, -0.2) is 13.6 Å². The topological polar surface area (TPSA) is 86.2 Å². The van der Waals surface area contributed by atoms with Crippen LogP contribution in [0.5, 0.6) is 0 Å². The monoisotopic (exact) mass is 185 g/mol. The first kappa shape index (κ1) is 9.18. The van der Waals surface area contributed by atoms with Crippen molar-refractivity contribution in [3.05, 3.63) is 29.8 Å². The Balaban J connectivity index is 3.20. The SMILES string of the molecule is NCc1[c]ccc(S(N)(=O)=O)c1. The van der Waals surface area contributed by atoms with E-state index >= 15 is 0 Å². The Morgan fingerprint density at radius 1 is 1.50 bits per heavy atom. The quantitative estimate of drug-likeness (QED) is 0.656. The number of primary sulfonamides is 1. The molecule has 0 fully saturated rings. The molecule has 4 N–H and O–H groups in total. The normalized spacial score (nSPS) is 11.5. The third kappa shape index (κ3) is 2.04. The minimum atomic E-state index is -3.61. The molecule has 0 aromatic heterocycles. The summed E-state index contributed by atoms with van der Waals surface area (Å²) in [7, 11) is -3.61. The zero-order chi connectivity index (χ0) is 9.19. The van der Waals surface area contributed by atoms with Crippen molar-refractivity contribution in [1.29, 1.82) is 0 Å². The molecule has 0 unspecified atom stereocenters. The van der Waals surface area contributed by atoms with E-state index in [1.165, 1.54) is 18.2 Å². The molecule has 1 aromatic rings. The van der Waals surface area contributed by atoms with Crippen molar-refractivity contribution < 1.29 is 8.42 Å². The van der Waals surface area contributed by atoms with Gasteiger partial charge in [0, 0.05) is 6.54 Å². The smallest absolute Gasteiger partial charge is 0.238 e. The van der Waals surface area contributed by atoms with E-state index in [0.29, 0.717) is 5.56 Å². The van der Waals surface area contributed by atoms with Gasteiger partial charge in [-0.15, -0.1) is 0 Å². The van der Waals surface area contributed by atoms with Crippen molar-refractivity contribution in [3.63, 3.8) is 0 Å². The largest absolute Gasteiger partial charge is 0.326 e. The summed E-state index contributed by atoms with van der Waals surface area (Å²) in [6.07, 6.45) is 0. The van der Waals surface area contributed by atoms with Crippen LogP contribution in [0.15, 0.2) is 23.1 Å². The predicted molar refractivity (Wildman–Crippen MR) is 44.5 cm³/mol. The fourth-order valence-corrected chi connectivity index (χ4v) is 1.35. The fraction of sp³-hybridized carbons (Fsp3) is 0.143. The zero-order valence-electron chi connectivity index (χ0n) is 6.32. The molecule has 0 atom stereocenters. The van der Waals surface area contributed by atoms with Crippen LogP contribution in [-0.2, 0) is 16.6 Å². The summed E-state index contributed by atoms with van der Waals surface area (Å²) in [5, 5.41) is 4.90. The zero-order valence-corrected chi connectivity index (χ0v) is 7.14. The summed E-state index contributed by atoms with van der Waals surface area (Å²) in [6, 6.07) is 7.07. The second-order valence-electron chi connectivity index (χ2n) is 2.30. The third-order valence-corrected chi connectivity index (χ3v) is 2.29. The summed E-state index contributed by atoms with van der Waals surface area (Å²) < 4.78 is 21.6. The van der Waals surface area contributed by atoms with E-state index in [4.69, 9.17) is 10.9 Å². The molecule has 0 aliphatic rings. The van der Waals surface area contributed by atoms with Crippen LogP contribution in [-0.4, -0.2) is 8.42 Å². The summed E-state index contributed by atoms with van der Waals surface area (Å²) in [5.41, 5.74) is 5.92. The minimum absolute atomic E-state index is 0.0710. The molecular weight excluding hydrogens is 176 g/mol. The number of hydrogen-bond acceptors (Lipinski definition) is 3. The van der Waals surface area contributed by atoms with E-state index in [2.05, 4.69) is 6.07 Å². The standard InChI is InChI=1S/C7H9N2O2S/c8-5-6-2-1-3-7(4-6)12(9,10)11/h1,3-4H,5,8H2,(H2,9,10,11). The molecule has 0 saturated carbocycles. The summed E-state index contributed by atoms with van der Waals surface area (Å²) in [5.74, 6) is 0. The molecule has 0 aliphatic heterocycles. The van der Waals surface area contributed by atoms with Crippen molar-refractivity contribution >= 4 is 10.0 Å². The second kappa shape index (κ2) is 3.22. The predicted octanol–water partition coefficient (Wildman–Crippen LogP) is -0.407. The lowest BCUT2D eigenvalue weighted by Crippen LogP contribution is -2.12. The van der Waals surface area contributed by atoms with Gasteiger partial charge in [0.1, 0.15) is 0 Å². The van der Waals surface area contributed by atoms with E-state index in [1.807, 2.05) is 0 Å². The number of nitrogens with two attached hydrogens (primary N) is 2. The van der Waals surface area contributed by atoms with E-state index in [9.17, 15) is 8.42 Å². The maximum absolute atomic E-state index is 10.8. The molecule has 1 radical (unpaired) electrons. The molecule has 65 valence electrons. The minimum Gasteiger partial charge on any atom is -0.326 e. The van der Waals surface area contributed by atoms with Gasteiger partial charge in [-0.05, 0) is 23.8 Å². The lowest BCUT2D eigenvalue weighted by atomic mass is 10.2. The van der Waals surface area contributed by atoms with Crippen molar-refractivity contribution in [2.24, 2.45) is 10.9 Å². The van der Waals surface area contributed by atoms with Gasteiger partial charge in [0.25, 0.3) is 0 Å². The van der Waals surface area contributed by atoms with E-state index < -0.39 is 10.0 Å². The molecule has 0 bridgehead atoms. The van der Waals surface area contributed by atoms with Crippen molar-refractivity contribution in [3.8, 4) is 0 Å². The van der Waals surface area contributed by atoms with E-state index in [1.54, 1.807) is 0 Å². The molecule has 1 rings (SSSR count). The second-order valence-corrected chi connectivity index (χ2v) is 3.86. The van der Waals surface area contributed by atoms with Crippen LogP contribution in [0.1, 0.15) is 5.56 Å². The maximum Gasteiger partial charge on any atom is 0.238 e. The molecule has 12 heavy (non-hydrogen) atoms. The number of benzene rings is 1. The summed E-state index contributed by atoms with van der Waals surface area (Å²) >= 11 is 0. The Hall–Kier alpha value is -0.910. The van der Waals surface area contributed by atoms with Gasteiger partial charge < -0.3 is 5.73 Å². The van der Waals surface area contributed by atoms with Crippen LogP contribution in [0.3, 0.4) is 0 Å². The average Bonchev–Trinajstić information content (AvgIpc) is 2.03. The Bertz CT molecular complexity index is 373. The molecule has 4 nitrogen and oxygen atoms in total.